The van der Waals surface area contributed by atoms with Crippen molar-refractivity contribution in [3.05, 3.63) is 98.7 Å². The molecule has 7 heteroatoms. The quantitative estimate of drug-likeness (QED) is 0.417. The van der Waals surface area contributed by atoms with Crippen LogP contribution in [0.4, 0.5) is 0 Å². The fourth-order valence-electron chi connectivity index (χ4n) is 4.54. The molecule has 0 N–H and O–H groups in total. The SMILES string of the molecule is O=C(Cn1cnc2c(oc3ccccc32)c1=O)N1CCc2sccc2C1c1ccccc1. The maximum atomic E-state index is 13.5. The van der Waals surface area contributed by atoms with E-state index in [2.05, 4.69) is 16.4 Å². The summed E-state index contributed by atoms with van der Waals surface area (Å²) in [5.74, 6) is -0.116. The van der Waals surface area contributed by atoms with E-state index in [-0.39, 0.29) is 29.6 Å². The maximum Gasteiger partial charge on any atom is 0.297 e. The monoisotopic (exact) mass is 441 g/mol. The summed E-state index contributed by atoms with van der Waals surface area (Å²) in [6, 6.07) is 19.4. The Hall–Kier alpha value is -3.71. The number of carbonyl (C=O) groups excluding carboxylic acids is 1. The zero-order chi connectivity index (χ0) is 21.7. The Morgan fingerprint density at radius 3 is 2.78 bits per heavy atom. The minimum Gasteiger partial charge on any atom is -0.448 e. The van der Waals surface area contributed by atoms with Crippen molar-refractivity contribution < 1.29 is 9.21 Å². The summed E-state index contributed by atoms with van der Waals surface area (Å²) >= 11 is 1.73. The van der Waals surface area contributed by atoms with E-state index in [9.17, 15) is 9.59 Å². The Morgan fingerprint density at radius 1 is 1.09 bits per heavy atom. The lowest BCUT2D eigenvalue weighted by Crippen LogP contribution is -2.42. The molecule has 158 valence electrons. The van der Waals surface area contributed by atoms with Gasteiger partial charge in [0, 0.05) is 16.8 Å². The van der Waals surface area contributed by atoms with Gasteiger partial charge in [0.2, 0.25) is 11.5 Å². The Bertz CT molecular complexity index is 1520. The van der Waals surface area contributed by atoms with Crippen molar-refractivity contribution in [2.45, 2.75) is 19.0 Å². The second kappa shape index (κ2) is 7.46. The van der Waals surface area contributed by atoms with E-state index in [1.807, 2.05) is 59.5 Å². The molecule has 1 atom stereocenters. The van der Waals surface area contributed by atoms with Crippen LogP contribution in [-0.2, 0) is 17.8 Å². The summed E-state index contributed by atoms with van der Waals surface area (Å²) in [6.45, 7) is 0.530. The van der Waals surface area contributed by atoms with Gasteiger partial charge < -0.3 is 9.32 Å². The molecule has 2 aromatic carbocycles. The van der Waals surface area contributed by atoms with Gasteiger partial charge in [-0.1, -0.05) is 42.5 Å². The van der Waals surface area contributed by atoms with E-state index in [1.54, 1.807) is 11.3 Å². The number of furan rings is 1. The molecule has 0 saturated carbocycles. The highest BCUT2D eigenvalue weighted by atomic mass is 32.1. The van der Waals surface area contributed by atoms with Crippen molar-refractivity contribution in [2.24, 2.45) is 0 Å². The van der Waals surface area contributed by atoms with E-state index in [1.165, 1.54) is 21.3 Å². The second-order valence-electron chi connectivity index (χ2n) is 7.90. The van der Waals surface area contributed by atoms with Crippen molar-refractivity contribution in [2.75, 3.05) is 6.54 Å². The Balaban J connectivity index is 1.37. The van der Waals surface area contributed by atoms with Gasteiger partial charge in [-0.3, -0.25) is 14.2 Å². The Morgan fingerprint density at radius 2 is 1.91 bits per heavy atom. The molecule has 3 aromatic heterocycles. The van der Waals surface area contributed by atoms with E-state index < -0.39 is 0 Å². The molecular formula is C25H19N3O3S. The van der Waals surface area contributed by atoms with E-state index >= 15 is 0 Å². The smallest absolute Gasteiger partial charge is 0.297 e. The number of carbonyl (C=O) groups is 1. The number of para-hydroxylation sites is 1. The molecule has 4 heterocycles. The minimum absolute atomic E-state index is 0.0817. The number of thiophene rings is 1. The van der Waals surface area contributed by atoms with Crippen molar-refractivity contribution in [1.82, 2.24) is 14.5 Å². The topological polar surface area (TPSA) is 68.3 Å². The Labute approximate surface area is 187 Å². The number of fused-ring (bicyclic) bond motifs is 4. The molecule has 0 aliphatic carbocycles. The second-order valence-corrected chi connectivity index (χ2v) is 8.90. The van der Waals surface area contributed by atoms with Crippen LogP contribution in [0.25, 0.3) is 22.1 Å². The summed E-state index contributed by atoms with van der Waals surface area (Å²) in [5, 5.41) is 2.88. The highest BCUT2D eigenvalue weighted by Crippen LogP contribution is 2.37. The largest absolute Gasteiger partial charge is 0.448 e. The first-order chi connectivity index (χ1) is 15.7. The third-order valence-corrected chi connectivity index (χ3v) is 7.05. The predicted octanol–water partition coefficient (Wildman–Crippen LogP) is 4.38. The van der Waals surface area contributed by atoms with Crippen molar-refractivity contribution in [3.8, 4) is 0 Å². The van der Waals surface area contributed by atoms with Gasteiger partial charge in [-0.2, -0.15) is 0 Å². The summed E-state index contributed by atoms with van der Waals surface area (Å²) < 4.78 is 7.10. The molecule has 1 aliphatic heterocycles. The van der Waals surface area contributed by atoms with Crippen LogP contribution in [0.3, 0.4) is 0 Å². The van der Waals surface area contributed by atoms with Crippen LogP contribution in [0.2, 0.25) is 0 Å². The number of amides is 1. The standard InChI is InChI=1S/C25H19N3O3S/c29-21(14-27-15-26-22-17-8-4-5-9-19(17)31-24(22)25(27)30)28-12-10-20-18(11-13-32-20)23(28)16-6-2-1-3-7-16/h1-9,11,13,15,23H,10,12,14H2. The van der Waals surface area contributed by atoms with Gasteiger partial charge >= 0.3 is 0 Å². The lowest BCUT2D eigenvalue weighted by molar-refractivity contribution is -0.134. The number of aromatic nitrogens is 2. The van der Waals surface area contributed by atoms with Gasteiger partial charge in [0.1, 0.15) is 17.6 Å². The average molecular weight is 442 g/mol. The maximum absolute atomic E-state index is 13.5. The number of benzene rings is 2. The van der Waals surface area contributed by atoms with Gasteiger partial charge in [0.15, 0.2) is 0 Å². The highest BCUT2D eigenvalue weighted by molar-refractivity contribution is 7.10. The first kappa shape index (κ1) is 19.0. The summed E-state index contributed by atoms with van der Waals surface area (Å²) in [7, 11) is 0. The van der Waals surface area contributed by atoms with Gasteiger partial charge in [-0.25, -0.2) is 4.98 Å². The summed E-state index contributed by atoms with van der Waals surface area (Å²) in [5.41, 5.74) is 3.21. The fourth-order valence-corrected chi connectivity index (χ4v) is 5.45. The molecule has 0 saturated heterocycles. The summed E-state index contributed by atoms with van der Waals surface area (Å²) in [4.78, 5) is 34.2. The molecule has 0 spiro atoms. The first-order valence-electron chi connectivity index (χ1n) is 10.5. The lowest BCUT2D eigenvalue weighted by atomic mass is 9.93. The zero-order valence-corrected chi connectivity index (χ0v) is 17.9. The molecule has 0 radical (unpaired) electrons. The third-order valence-electron chi connectivity index (χ3n) is 6.06. The number of rotatable bonds is 3. The molecule has 0 fully saturated rings. The van der Waals surface area contributed by atoms with Gasteiger partial charge in [0.05, 0.1) is 12.4 Å². The Kier molecular flexibility index (Phi) is 4.43. The fraction of sp³-hybridized carbons (Fsp3) is 0.160. The highest BCUT2D eigenvalue weighted by Gasteiger charge is 2.33. The van der Waals surface area contributed by atoms with Crippen LogP contribution >= 0.6 is 11.3 Å². The van der Waals surface area contributed by atoms with Crippen LogP contribution in [0.5, 0.6) is 0 Å². The van der Waals surface area contributed by atoms with Crippen LogP contribution in [-0.4, -0.2) is 26.9 Å². The first-order valence-corrected chi connectivity index (χ1v) is 11.4. The zero-order valence-electron chi connectivity index (χ0n) is 17.1. The number of hydrogen-bond donors (Lipinski definition) is 0. The summed E-state index contributed by atoms with van der Waals surface area (Å²) in [6.07, 6.45) is 2.26. The molecule has 0 bridgehead atoms. The minimum atomic E-state index is -0.343. The van der Waals surface area contributed by atoms with E-state index in [0.717, 1.165) is 17.4 Å². The number of nitrogens with zero attached hydrogens (tertiary/aromatic N) is 3. The molecule has 5 aromatic rings. The van der Waals surface area contributed by atoms with Crippen LogP contribution < -0.4 is 5.56 Å². The predicted molar refractivity (Wildman–Crippen MR) is 124 cm³/mol. The van der Waals surface area contributed by atoms with Crippen molar-refractivity contribution in [1.29, 1.82) is 0 Å². The molecule has 32 heavy (non-hydrogen) atoms. The third kappa shape index (κ3) is 2.97. The van der Waals surface area contributed by atoms with Crippen molar-refractivity contribution >= 4 is 39.3 Å². The molecule has 1 unspecified atom stereocenters. The van der Waals surface area contributed by atoms with E-state index in [0.29, 0.717) is 17.6 Å². The molecule has 6 nitrogen and oxygen atoms in total. The molecule has 1 aliphatic rings. The van der Waals surface area contributed by atoms with Gasteiger partial charge in [-0.15, -0.1) is 11.3 Å². The average Bonchev–Trinajstić information content (AvgIpc) is 3.46. The number of hydrogen-bond acceptors (Lipinski definition) is 5. The normalized spacial score (nSPS) is 15.9. The molecule has 1 amide bonds. The van der Waals surface area contributed by atoms with E-state index in [4.69, 9.17) is 4.42 Å². The van der Waals surface area contributed by atoms with Gasteiger partial charge in [-0.05, 0) is 41.1 Å². The molecular weight excluding hydrogens is 422 g/mol. The van der Waals surface area contributed by atoms with Gasteiger partial charge in [0.25, 0.3) is 5.56 Å². The van der Waals surface area contributed by atoms with Crippen LogP contribution in [0.1, 0.15) is 22.0 Å². The van der Waals surface area contributed by atoms with Crippen LogP contribution in [0.15, 0.2) is 81.6 Å². The van der Waals surface area contributed by atoms with Crippen LogP contribution in [0, 0.1) is 0 Å². The lowest BCUT2D eigenvalue weighted by Gasteiger charge is -2.36. The molecule has 6 rings (SSSR count). The van der Waals surface area contributed by atoms with Crippen molar-refractivity contribution in [3.63, 3.8) is 0 Å².